The van der Waals surface area contributed by atoms with Crippen LogP contribution in [0.2, 0.25) is 0 Å². The SMILES string of the molecule is CCc1nnc2n1CC(C1CCCC1)c1cnn(C3CCCC3)c1-2. The highest BCUT2D eigenvalue weighted by Gasteiger charge is 2.38. The molecule has 0 N–H and O–H groups in total. The van der Waals surface area contributed by atoms with Crippen LogP contribution in [0.15, 0.2) is 6.20 Å². The molecule has 2 aromatic heterocycles. The predicted molar refractivity (Wildman–Crippen MR) is 92.8 cm³/mol. The van der Waals surface area contributed by atoms with Gasteiger partial charge in [0.05, 0.1) is 12.2 Å². The maximum absolute atomic E-state index is 4.87. The van der Waals surface area contributed by atoms with Crippen molar-refractivity contribution >= 4 is 0 Å². The maximum Gasteiger partial charge on any atom is 0.182 e. The van der Waals surface area contributed by atoms with Gasteiger partial charge in [-0.25, -0.2) is 0 Å². The molecule has 3 heterocycles. The van der Waals surface area contributed by atoms with Gasteiger partial charge in [0.15, 0.2) is 5.82 Å². The van der Waals surface area contributed by atoms with E-state index >= 15 is 0 Å². The fraction of sp³-hybridized carbons (Fsp3) is 0.737. The van der Waals surface area contributed by atoms with Crippen molar-refractivity contribution in [3.63, 3.8) is 0 Å². The largest absolute Gasteiger partial charge is 0.309 e. The van der Waals surface area contributed by atoms with E-state index in [9.17, 15) is 0 Å². The van der Waals surface area contributed by atoms with Crippen LogP contribution in [0.3, 0.4) is 0 Å². The van der Waals surface area contributed by atoms with Crippen LogP contribution in [0.1, 0.15) is 81.6 Å². The molecular formula is C19H27N5. The van der Waals surface area contributed by atoms with Gasteiger partial charge in [-0.3, -0.25) is 4.68 Å². The van der Waals surface area contributed by atoms with Crippen LogP contribution < -0.4 is 0 Å². The zero-order valence-corrected chi connectivity index (χ0v) is 14.6. The molecule has 0 bridgehead atoms. The molecule has 3 aliphatic rings. The number of aromatic nitrogens is 5. The molecule has 1 aliphatic heterocycles. The molecule has 0 spiro atoms. The summed E-state index contributed by atoms with van der Waals surface area (Å²) in [6.07, 6.45) is 13.8. The number of nitrogens with zero attached hydrogens (tertiary/aromatic N) is 5. The van der Waals surface area contributed by atoms with Crippen LogP contribution in [0.4, 0.5) is 0 Å². The Balaban J connectivity index is 1.64. The molecule has 1 unspecified atom stereocenters. The van der Waals surface area contributed by atoms with Crippen molar-refractivity contribution in [2.75, 3.05) is 0 Å². The molecule has 2 saturated carbocycles. The van der Waals surface area contributed by atoms with Gasteiger partial charge in [0.1, 0.15) is 11.5 Å². The quantitative estimate of drug-likeness (QED) is 0.853. The topological polar surface area (TPSA) is 48.5 Å². The molecule has 5 nitrogen and oxygen atoms in total. The second kappa shape index (κ2) is 5.71. The number of hydrogen-bond donors (Lipinski definition) is 0. The van der Waals surface area contributed by atoms with Crippen molar-refractivity contribution in [3.05, 3.63) is 17.6 Å². The van der Waals surface area contributed by atoms with Crippen molar-refractivity contribution in [1.29, 1.82) is 0 Å². The summed E-state index contributed by atoms with van der Waals surface area (Å²) < 4.78 is 4.71. The van der Waals surface area contributed by atoms with Gasteiger partial charge in [-0.05, 0) is 31.6 Å². The summed E-state index contributed by atoms with van der Waals surface area (Å²) in [6.45, 7) is 3.24. The highest BCUT2D eigenvalue weighted by atomic mass is 15.4. The highest BCUT2D eigenvalue weighted by Crippen LogP contribution is 2.46. The van der Waals surface area contributed by atoms with E-state index in [4.69, 9.17) is 5.10 Å². The lowest BCUT2D eigenvalue weighted by Gasteiger charge is -2.30. The van der Waals surface area contributed by atoms with Gasteiger partial charge in [-0.2, -0.15) is 5.10 Å². The lowest BCUT2D eigenvalue weighted by atomic mass is 9.83. The summed E-state index contributed by atoms with van der Waals surface area (Å²) in [4.78, 5) is 0. The Hall–Kier alpha value is -1.65. The Morgan fingerprint density at radius 1 is 1.04 bits per heavy atom. The van der Waals surface area contributed by atoms with Crippen LogP contribution in [0.25, 0.3) is 11.5 Å². The normalized spacial score (nSPS) is 24.5. The van der Waals surface area contributed by atoms with Gasteiger partial charge in [-0.1, -0.05) is 32.6 Å². The second-order valence-electron chi connectivity index (χ2n) is 7.89. The molecule has 0 saturated heterocycles. The summed E-state index contributed by atoms with van der Waals surface area (Å²) in [5, 5.41) is 14.0. The molecule has 2 aliphatic carbocycles. The molecule has 0 amide bonds. The highest BCUT2D eigenvalue weighted by molar-refractivity contribution is 5.59. The van der Waals surface area contributed by atoms with E-state index in [0.717, 1.165) is 30.5 Å². The first-order valence-corrected chi connectivity index (χ1v) is 9.86. The van der Waals surface area contributed by atoms with Crippen LogP contribution in [-0.2, 0) is 13.0 Å². The van der Waals surface area contributed by atoms with E-state index in [1.54, 1.807) is 0 Å². The first kappa shape index (κ1) is 14.7. The fourth-order valence-electron chi connectivity index (χ4n) is 5.33. The molecule has 0 radical (unpaired) electrons. The number of aryl methyl sites for hydroxylation is 1. The van der Waals surface area contributed by atoms with E-state index in [1.165, 1.54) is 62.6 Å². The average molecular weight is 325 g/mol. The molecule has 5 rings (SSSR count). The summed E-state index contributed by atoms with van der Waals surface area (Å²) >= 11 is 0. The molecular weight excluding hydrogens is 298 g/mol. The number of hydrogen-bond acceptors (Lipinski definition) is 3. The Labute approximate surface area is 143 Å². The molecule has 0 aromatic carbocycles. The van der Waals surface area contributed by atoms with Crippen LogP contribution in [0.5, 0.6) is 0 Å². The number of rotatable bonds is 3. The second-order valence-corrected chi connectivity index (χ2v) is 7.89. The predicted octanol–water partition coefficient (Wildman–Crippen LogP) is 4.11. The van der Waals surface area contributed by atoms with Crippen molar-refractivity contribution in [1.82, 2.24) is 24.5 Å². The van der Waals surface area contributed by atoms with Gasteiger partial charge in [0.25, 0.3) is 0 Å². The molecule has 2 aromatic rings. The van der Waals surface area contributed by atoms with E-state index in [2.05, 4.69) is 32.6 Å². The Bertz CT molecular complexity index is 731. The monoisotopic (exact) mass is 325 g/mol. The Morgan fingerprint density at radius 2 is 1.79 bits per heavy atom. The first-order valence-electron chi connectivity index (χ1n) is 9.86. The summed E-state index contributed by atoms with van der Waals surface area (Å²) in [7, 11) is 0. The van der Waals surface area contributed by atoms with Crippen LogP contribution >= 0.6 is 0 Å². The molecule has 128 valence electrons. The third-order valence-corrected chi connectivity index (χ3v) is 6.60. The van der Waals surface area contributed by atoms with Crippen LogP contribution in [0, 0.1) is 5.92 Å². The van der Waals surface area contributed by atoms with Gasteiger partial charge >= 0.3 is 0 Å². The van der Waals surface area contributed by atoms with Crippen LogP contribution in [-0.4, -0.2) is 24.5 Å². The van der Waals surface area contributed by atoms with Crippen molar-refractivity contribution in [2.45, 2.75) is 83.2 Å². The Kier molecular flexibility index (Phi) is 3.49. The van der Waals surface area contributed by atoms with Gasteiger partial charge in [-0.15, -0.1) is 10.2 Å². The zero-order chi connectivity index (χ0) is 16.1. The maximum atomic E-state index is 4.87. The smallest absolute Gasteiger partial charge is 0.182 e. The van der Waals surface area contributed by atoms with Gasteiger partial charge in [0, 0.05) is 24.4 Å². The summed E-state index contributed by atoms with van der Waals surface area (Å²) in [5.41, 5.74) is 2.74. The molecule has 1 atom stereocenters. The Morgan fingerprint density at radius 3 is 2.54 bits per heavy atom. The minimum atomic E-state index is 0.561. The van der Waals surface area contributed by atoms with E-state index in [0.29, 0.717) is 12.0 Å². The molecule has 24 heavy (non-hydrogen) atoms. The van der Waals surface area contributed by atoms with E-state index in [-0.39, 0.29) is 0 Å². The number of fused-ring (bicyclic) bond motifs is 3. The molecule has 2 fully saturated rings. The van der Waals surface area contributed by atoms with Crippen molar-refractivity contribution < 1.29 is 0 Å². The van der Waals surface area contributed by atoms with Crippen molar-refractivity contribution in [2.24, 2.45) is 5.92 Å². The third-order valence-electron chi connectivity index (χ3n) is 6.60. The average Bonchev–Trinajstić information content (AvgIpc) is 3.39. The van der Waals surface area contributed by atoms with Gasteiger partial charge in [0.2, 0.25) is 0 Å². The lowest BCUT2D eigenvalue weighted by molar-refractivity contribution is 0.375. The summed E-state index contributed by atoms with van der Waals surface area (Å²) in [6, 6.07) is 0.561. The van der Waals surface area contributed by atoms with Gasteiger partial charge < -0.3 is 4.57 Å². The minimum Gasteiger partial charge on any atom is -0.309 e. The summed E-state index contributed by atoms with van der Waals surface area (Å²) in [5.74, 6) is 3.62. The fourth-order valence-corrected chi connectivity index (χ4v) is 5.33. The first-order chi connectivity index (χ1) is 11.9. The minimum absolute atomic E-state index is 0.561. The lowest BCUT2D eigenvalue weighted by Crippen LogP contribution is -2.24. The zero-order valence-electron chi connectivity index (χ0n) is 14.6. The van der Waals surface area contributed by atoms with E-state index < -0.39 is 0 Å². The molecule has 5 heteroatoms. The van der Waals surface area contributed by atoms with E-state index in [1.807, 2.05) is 0 Å². The standard InChI is InChI=1S/C19H27N5/c1-2-17-21-22-19-18-15(11-20-24(18)14-9-5-6-10-14)16(12-23(17)19)13-7-3-4-8-13/h11,13-14,16H,2-10,12H2,1H3. The third kappa shape index (κ3) is 2.09. The van der Waals surface area contributed by atoms with Crippen molar-refractivity contribution in [3.8, 4) is 11.5 Å².